The molecule has 1 N–H and O–H groups in total. The number of carbonyl (C=O) groups is 2. The Labute approximate surface area is 139 Å². The molecule has 22 heavy (non-hydrogen) atoms. The number of anilines is 1. The average molecular weight is 369 g/mol. The number of hydrogen-bond donors (Lipinski definition) is 1. The van der Waals surface area contributed by atoms with Crippen molar-refractivity contribution in [3.05, 3.63) is 28.7 Å². The van der Waals surface area contributed by atoms with E-state index < -0.39 is 0 Å². The Morgan fingerprint density at radius 3 is 2.91 bits per heavy atom. The summed E-state index contributed by atoms with van der Waals surface area (Å²) in [6, 6.07) is 7.50. The van der Waals surface area contributed by atoms with Gasteiger partial charge in [-0.1, -0.05) is 12.1 Å². The molecular formula is C16H21BrN2O3. The molecule has 1 atom stereocenters. The fourth-order valence-corrected chi connectivity index (χ4v) is 2.99. The zero-order chi connectivity index (χ0) is 15.9. The molecule has 0 aromatic heterocycles. The van der Waals surface area contributed by atoms with E-state index in [9.17, 15) is 9.59 Å². The van der Waals surface area contributed by atoms with Crippen LogP contribution in [0.25, 0.3) is 0 Å². The second kappa shape index (κ2) is 8.29. The summed E-state index contributed by atoms with van der Waals surface area (Å²) in [4.78, 5) is 26.0. The van der Waals surface area contributed by atoms with Gasteiger partial charge in [-0.15, -0.1) is 0 Å². The van der Waals surface area contributed by atoms with Crippen LogP contribution < -0.4 is 5.32 Å². The zero-order valence-corrected chi connectivity index (χ0v) is 14.3. The first-order valence-electron chi connectivity index (χ1n) is 7.53. The van der Waals surface area contributed by atoms with Gasteiger partial charge in [-0.05, 0) is 54.4 Å². The zero-order valence-electron chi connectivity index (χ0n) is 12.7. The van der Waals surface area contributed by atoms with Crippen molar-refractivity contribution < 1.29 is 14.3 Å². The minimum atomic E-state index is -0.154. The summed E-state index contributed by atoms with van der Waals surface area (Å²) in [6.45, 7) is 3.92. The van der Waals surface area contributed by atoms with Gasteiger partial charge in [-0.25, -0.2) is 0 Å². The molecule has 0 aliphatic carbocycles. The highest BCUT2D eigenvalue weighted by atomic mass is 79.9. The molecule has 6 heteroatoms. The lowest BCUT2D eigenvalue weighted by molar-refractivity contribution is -0.150. The lowest BCUT2D eigenvalue weighted by Gasteiger charge is -2.30. The quantitative estimate of drug-likeness (QED) is 0.811. The summed E-state index contributed by atoms with van der Waals surface area (Å²) in [5.41, 5.74) is 0.756. The van der Waals surface area contributed by atoms with Crippen molar-refractivity contribution in [3.8, 4) is 0 Å². The third-order valence-corrected chi connectivity index (χ3v) is 4.33. The van der Waals surface area contributed by atoms with E-state index in [4.69, 9.17) is 4.74 Å². The van der Waals surface area contributed by atoms with Gasteiger partial charge in [0.05, 0.1) is 24.8 Å². The maximum absolute atomic E-state index is 12.1. The van der Waals surface area contributed by atoms with Gasteiger partial charge in [0.25, 0.3) is 0 Å². The molecule has 0 bridgehead atoms. The first kappa shape index (κ1) is 17.0. The first-order chi connectivity index (χ1) is 10.6. The number of hydrogen-bond acceptors (Lipinski definition) is 4. The number of para-hydroxylation sites is 1. The van der Waals surface area contributed by atoms with Crippen molar-refractivity contribution in [1.82, 2.24) is 4.90 Å². The van der Waals surface area contributed by atoms with Crippen molar-refractivity contribution >= 4 is 33.5 Å². The second-order valence-corrected chi connectivity index (χ2v) is 6.21. The second-order valence-electron chi connectivity index (χ2n) is 5.35. The van der Waals surface area contributed by atoms with E-state index in [2.05, 4.69) is 21.2 Å². The number of rotatable bonds is 5. The number of carbonyl (C=O) groups excluding carboxylic acids is 2. The molecule has 5 nitrogen and oxygen atoms in total. The number of ether oxygens (including phenoxy) is 1. The van der Waals surface area contributed by atoms with E-state index in [1.807, 2.05) is 36.1 Å². The van der Waals surface area contributed by atoms with Gasteiger partial charge in [0.15, 0.2) is 0 Å². The number of nitrogens with one attached hydrogen (secondary N) is 1. The summed E-state index contributed by atoms with van der Waals surface area (Å²) >= 11 is 3.41. The molecular weight excluding hydrogens is 348 g/mol. The molecule has 0 spiro atoms. The number of nitrogens with zero attached hydrogens (tertiary/aromatic N) is 1. The smallest absolute Gasteiger partial charge is 0.310 e. The summed E-state index contributed by atoms with van der Waals surface area (Å²) in [6.07, 6.45) is 1.74. The Balaban J connectivity index is 1.86. The average Bonchev–Trinajstić information content (AvgIpc) is 2.50. The van der Waals surface area contributed by atoms with Gasteiger partial charge >= 0.3 is 5.97 Å². The minimum Gasteiger partial charge on any atom is -0.466 e. The fourth-order valence-electron chi connectivity index (χ4n) is 2.61. The van der Waals surface area contributed by atoms with E-state index >= 15 is 0 Å². The van der Waals surface area contributed by atoms with Gasteiger partial charge in [0.2, 0.25) is 5.91 Å². The molecule has 120 valence electrons. The molecule has 0 saturated carbocycles. The maximum atomic E-state index is 12.1. The van der Waals surface area contributed by atoms with E-state index in [0.29, 0.717) is 13.2 Å². The minimum absolute atomic E-state index is 0.0728. The van der Waals surface area contributed by atoms with Crippen molar-refractivity contribution in [3.63, 3.8) is 0 Å². The predicted molar refractivity (Wildman–Crippen MR) is 88.6 cm³/mol. The predicted octanol–water partition coefficient (Wildman–Crippen LogP) is 2.66. The largest absolute Gasteiger partial charge is 0.466 e. The molecule has 0 radical (unpaired) electrons. The van der Waals surface area contributed by atoms with Crippen LogP contribution in [0.5, 0.6) is 0 Å². The van der Waals surface area contributed by atoms with E-state index in [-0.39, 0.29) is 24.3 Å². The van der Waals surface area contributed by atoms with Crippen molar-refractivity contribution in [2.75, 3.05) is 31.6 Å². The van der Waals surface area contributed by atoms with Crippen LogP contribution in [0.15, 0.2) is 28.7 Å². The van der Waals surface area contributed by atoms with Crippen LogP contribution in [0, 0.1) is 5.92 Å². The highest BCUT2D eigenvalue weighted by Gasteiger charge is 2.27. The Hall–Kier alpha value is -1.40. The maximum Gasteiger partial charge on any atom is 0.310 e. The molecule has 1 aliphatic rings. The topological polar surface area (TPSA) is 58.6 Å². The molecule has 1 aliphatic heterocycles. The Kier molecular flexibility index (Phi) is 6.39. The van der Waals surface area contributed by atoms with Gasteiger partial charge in [-0.3, -0.25) is 14.5 Å². The van der Waals surface area contributed by atoms with Crippen LogP contribution in [-0.4, -0.2) is 43.0 Å². The van der Waals surface area contributed by atoms with Crippen molar-refractivity contribution in [2.45, 2.75) is 19.8 Å². The Morgan fingerprint density at radius 1 is 1.41 bits per heavy atom. The highest BCUT2D eigenvalue weighted by molar-refractivity contribution is 9.10. The number of amides is 1. The van der Waals surface area contributed by atoms with Crippen LogP contribution >= 0.6 is 15.9 Å². The highest BCUT2D eigenvalue weighted by Crippen LogP contribution is 2.22. The monoisotopic (exact) mass is 368 g/mol. The number of esters is 1. The molecule has 1 fully saturated rings. The fraction of sp³-hybridized carbons (Fsp3) is 0.500. The van der Waals surface area contributed by atoms with Crippen LogP contribution in [0.2, 0.25) is 0 Å². The van der Waals surface area contributed by atoms with Crippen LogP contribution in [-0.2, 0) is 14.3 Å². The number of halogens is 1. The molecule has 1 aromatic carbocycles. The summed E-state index contributed by atoms with van der Waals surface area (Å²) < 4.78 is 5.93. The Morgan fingerprint density at radius 2 is 2.18 bits per heavy atom. The van der Waals surface area contributed by atoms with Crippen LogP contribution in [0.3, 0.4) is 0 Å². The first-order valence-corrected chi connectivity index (χ1v) is 8.32. The van der Waals surface area contributed by atoms with Gasteiger partial charge in [0, 0.05) is 11.0 Å². The van der Waals surface area contributed by atoms with Crippen molar-refractivity contribution in [2.24, 2.45) is 5.92 Å². The number of likely N-dealkylation sites (tertiary alicyclic amines) is 1. The molecule has 2 rings (SSSR count). The van der Waals surface area contributed by atoms with E-state index in [0.717, 1.165) is 29.5 Å². The third kappa shape index (κ3) is 4.81. The molecule has 1 saturated heterocycles. The van der Waals surface area contributed by atoms with E-state index in [1.54, 1.807) is 0 Å². The Bertz CT molecular complexity index is 536. The molecule has 1 heterocycles. The molecule has 1 amide bonds. The standard InChI is InChI=1S/C16H21BrN2O3/c1-2-22-16(21)12-6-5-9-19(10-12)11-15(20)18-14-8-4-3-7-13(14)17/h3-4,7-8,12H,2,5-6,9-11H2,1H3,(H,18,20)/t12-/m0/s1. The van der Waals surface area contributed by atoms with E-state index in [1.165, 1.54) is 0 Å². The number of piperidine rings is 1. The normalized spacial score (nSPS) is 18.7. The SMILES string of the molecule is CCOC(=O)[C@H]1CCCN(CC(=O)Nc2ccccc2Br)C1. The van der Waals surface area contributed by atoms with Gasteiger partial charge in [0.1, 0.15) is 0 Å². The summed E-state index contributed by atoms with van der Waals surface area (Å²) in [5.74, 6) is -0.347. The lowest BCUT2D eigenvalue weighted by Crippen LogP contribution is -2.43. The summed E-state index contributed by atoms with van der Waals surface area (Å²) in [7, 11) is 0. The van der Waals surface area contributed by atoms with Gasteiger partial charge < -0.3 is 10.1 Å². The van der Waals surface area contributed by atoms with Crippen LogP contribution in [0.1, 0.15) is 19.8 Å². The molecule has 0 unspecified atom stereocenters. The van der Waals surface area contributed by atoms with Crippen LogP contribution in [0.4, 0.5) is 5.69 Å². The third-order valence-electron chi connectivity index (χ3n) is 3.64. The molecule has 1 aromatic rings. The van der Waals surface area contributed by atoms with Gasteiger partial charge in [-0.2, -0.15) is 0 Å². The lowest BCUT2D eigenvalue weighted by atomic mass is 9.98. The number of benzene rings is 1. The van der Waals surface area contributed by atoms with Crippen molar-refractivity contribution in [1.29, 1.82) is 0 Å². The summed E-state index contributed by atoms with van der Waals surface area (Å²) in [5, 5.41) is 2.88.